The summed E-state index contributed by atoms with van der Waals surface area (Å²) in [6.45, 7) is 0.992. The average molecular weight is 380 g/mol. The van der Waals surface area contributed by atoms with Crippen molar-refractivity contribution < 1.29 is 22.3 Å². The Kier molecular flexibility index (Phi) is 7.26. The smallest absolute Gasteiger partial charge is 0.251 e. The molecule has 2 aromatic carbocycles. The van der Waals surface area contributed by atoms with Gasteiger partial charge < -0.3 is 10.1 Å². The number of rotatable bonds is 9. The van der Waals surface area contributed by atoms with E-state index in [1.807, 2.05) is 0 Å². The molecule has 0 aliphatic carbocycles. The highest BCUT2D eigenvalue weighted by Crippen LogP contribution is 2.11. The van der Waals surface area contributed by atoms with E-state index in [0.29, 0.717) is 18.6 Å². The average Bonchev–Trinajstić information content (AvgIpc) is 2.65. The molecule has 0 heterocycles. The van der Waals surface area contributed by atoms with E-state index in [1.54, 1.807) is 19.2 Å². The number of carbonyl (C=O) groups excluding carboxylic acids is 1. The van der Waals surface area contributed by atoms with E-state index in [1.165, 1.54) is 36.4 Å². The second-order valence-electron chi connectivity index (χ2n) is 5.58. The van der Waals surface area contributed by atoms with Crippen LogP contribution in [0.5, 0.6) is 0 Å². The van der Waals surface area contributed by atoms with Crippen molar-refractivity contribution in [1.82, 2.24) is 10.0 Å². The molecule has 0 aliphatic heterocycles. The number of ether oxygens (including phenoxy) is 1. The van der Waals surface area contributed by atoms with Crippen molar-refractivity contribution in [2.24, 2.45) is 0 Å². The van der Waals surface area contributed by atoms with Gasteiger partial charge in [-0.25, -0.2) is 17.5 Å². The summed E-state index contributed by atoms with van der Waals surface area (Å²) in [5.41, 5.74) is 1.10. The molecule has 8 heteroatoms. The Labute approximate surface area is 152 Å². The monoisotopic (exact) mass is 380 g/mol. The molecular weight excluding hydrogens is 359 g/mol. The van der Waals surface area contributed by atoms with Crippen LogP contribution in [0, 0.1) is 5.82 Å². The van der Waals surface area contributed by atoms with E-state index in [0.717, 1.165) is 5.56 Å². The number of carbonyl (C=O) groups is 1. The maximum atomic E-state index is 12.9. The minimum absolute atomic E-state index is 0.0880. The highest BCUT2D eigenvalue weighted by Gasteiger charge is 2.14. The lowest BCUT2D eigenvalue weighted by Crippen LogP contribution is -2.26. The van der Waals surface area contributed by atoms with Gasteiger partial charge in [-0.3, -0.25) is 4.79 Å². The molecule has 0 radical (unpaired) electrons. The van der Waals surface area contributed by atoms with Gasteiger partial charge in [0, 0.05) is 32.4 Å². The van der Waals surface area contributed by atoms with Gasteiger partial charge >= 0.3 is 0 Å². The molecule has 2 aromatic rings. The lowest BCUT2D eigenvalue weighted by atomic mass is 10.2. The number of halogens is 1. The van der Waals surface area contributed by atoms with Gasteiger partial charge in [0.2, 0.25) is 10.0 Å². The normalized spacial score (nSPS) is 11.3. The first-order valence-electron chi connectivity index (χ1n) is 8.04. The zero-order chi connectivity index (χ0) is 19.0. The van der Waals surface area contributed by atoms with Crippen LogP contribution in [0.4, 0.5) is 4.39 Å². The number of hydrogen-bond donors (Lipinski definition) is 2. The molecule has 0 spiro atoms. The molecule has 1 amide bonds. The van der Waals surface area contributed by atoms with Gasteiger partial charge in [-0.05, 0) is 48.4 Å². The van der Waals surface area contributed by atoms with Gasteiger partial charge in [0.25, 0.3) is 5.91 Å². The van der Waals surface area contributed by atoms with Crippen LogP contribution in [0.25, 0.3) is 0 Å². The van der Waals surface area contributed by atoms with E-state index in [2.05, 4.69) is 10.0 Å². The van der Waals surface area contributed by atoms with Crippen LogP contribution in [0.3, 0.4) is 0 Å². The fraction of sp³-hybridized carbons (Fsp3) is 0.278. The standard InChI is InChI=1S/C18H21FN2O4S/c1-25-12-2-11-21-26(23,24)17-9-5-15(6-10-17)18(22)20-13-14-3-7-16(19)8-4-14/h3-10,21H,2,11-13H2,1H3,(H,20,22). The summed E-state index contributed by atoms with van der Waals surface area (Å²) in [5, 5.41) is 2.70. The molecule has 0 atom stereocenters. The molecule has 0 unspecified atom stereocenters. The predicted molar refractivity (Wildman–Crippen MR) is 95.7 cm³/mol. The summed E-state index contributed by atoms with van der Waals surface area (Å²) in [5.74, 6) is -0.681. The number of benzene rings is 2. The molecule has 0 fully saturated rings. The first kappa shape index (κ1) is 20.0. The molecular formula is C18H21FN2O4S. The first-order chi connectivity index (χ1) is 12.4. The third-order valence-electron chi connectivity index (χ3n) is 3.61. The van der Waals surface area contributed by atoms with Crippen LogP contribution in [0.2, 0.25) is 0 Å². The van der Waals surface area contributed by atoms with Crippen LogP contribution in [0.1, 0.15) is 22.3 Å². The topological polar surface area (TPSA) is 84.5 Å². The lowest BCUT2D eigenvalue weighted by molar-refractivity contribution is 0.0951. The molecule has 0 bridgehead atoms. The Balaban J connectivity index is 1.93. The largest absolute Gasteiger partial charge is 0.385 e. The van der Waals surface area contributed by atoms with E-state index in [9.17, 15) is 17.6 Å². The van der Waals surface area contributed by atoms with Crippen LogP contribution in [-0.4, -0.2) is 34.6 Å². The zero-order valence-electron chi connectivity index (χ0n) is 14.4. The fourth-order valence-electron chi connectivity index (χ4n) is 2.18. The number of nitrogens with one attached hydrogen (secondary N) is 2. The second kappa shape index (κ2) is 9.42. The SMILES string of the molecule is COCCCNS(=O)(=O)c1ccc(C(=O)NCc2ccc(F)cc2)cc1. The summed E-state index contributed by atoms with van der Waals surface area (Å²) in [4.78, 5) is 12.2. The molecule has 26 heavy (non-hydrogen) atoms. The van der Waals surface area contributed by atoms with Gasteiger partial charge in [-0.1, -0.05) is 12.1 Å². The van der Waals surface area contributed by atoms with Crippen molar-refractivity contribution in [2.75, 3.05) is 20.3 Å². The third kappa shape index (κ3) is 5.91. The summed E-state index contributed by atoms with van der Waals surface area (Å²) < 4.78 is 44.5. The van der Waals surface area contributed by atoms with Crippen LogP contribution in [0.15, 0.2) is 53.4 Å². The Morgan fingerprint density at radius 1 is 1.08 bits per heavy atom. The Hall–Kier alpha value is -2.29. The van der Waals surface area contributed by atoms with Crippen molar-refractivity contribution in [3.63, 3.8) is 0 Å². The quantitative estimate of drug-likeness (QED) is 0.653. The Bertz CT molecular complexity index is 821. The summed E-state index contributed by atoms with van der Waals surface area (Å²) >= 11 is 0. The third-order valence-corrected chi connectivity index (χ3v) is 5.09. The maximum Gasteiger partial charge on any atom is 0.251 e. The Morgan fingerprint density at radius 3 is 2.35 bits per heavy atom. The molecule has 0 aromatic heterocycles. The molecule has 2 N–H and O–H groups in total. The first-order valence-corrected chi connectivity index (χ1v) is 9.52. The predicted octanol–water partition coefficient (Wildman–Crippen LogP) is 2.07. The molecule has 0 aliphatic rings. The van der Waals surface area contributed by atoms with Crippen molar-refractivity contribution in [3.8, 4) is 0 Å². The molecule has 0 saturated carbocycles. The van der Waals surface area contributed by atoms with Gasteiger partial charge in [0.05, 0.1) is 4.90 Å². The Morgan fingerprint density at radius 2 is 1.73 bits per heavy atom. The molecule has 0 saturated heterocycles. The van der Waals surface area contributed by atoms with E-state index >= 15 is 0 Å². The maximum absolute atomic E-state index is 12.9. The van der Waals surface area contributed by atoms with Crippen molar-refractivity contribution in [3.05, 3.63) is 65.5 Å². The van der Waals surface area contributed by atoms with Crippen molar-refractivity contribution in [1.29, 1.82) is 0 Å². The van der Waals surface area contributed by atoms with Crippen molar-refractivity contribution >= 4 is 15.9 Å². The minimum atomic E-state index is -3.62. The number of hydrogen-bond acceptors (Lipinski definition) is 4. The van der Waals surface area contributed by atoms with E-state index in [-0.39, 0.29) is 29.7 Å². The zero-order valence-corrected chi connectivity index (χ0v) is 15.2. The fourth-order valence-corrected chi connectivity index (χ4v) is 3.25. The summed E-state index contributed by atoms with van der Waals surface area (Å²) in [6.07, 6.45) is 0.569. The highest BCUT2D eigenvalue weighted by molar-refractivity contribution is 7.89. The number of sulfonamides is 1. The summed E-state index contributed by atoms with van der Waals surface area (Å²) in [7, 11) is -2.07. The van der Waals surface area contributed by atoms with E-state index in [4.69, 9.17) is 4.74 Å². The second-order valence-corrected chi connectivity index (χ2v) is 7.34. The minimum Gasteiger partial charge on any atom is -0.385 e. The summed E-state index contributed by atoms with van der Waals surface area (Å²) in [6, 6.07) is 11.5. The molecule has 6 nitrogen and oxygen atoms in total. The van der Waals surface area contributed by atoms with Gasteiger partial charge in [0.15, 0.2) is 0 Å². The van der Waals surface area contributed by atoms with Gasteiger partial charge in [-0.2, -0.15) is 0 Å². The van der Waals surface area contributed by atoms with Gasteiger partial charge in [0.1, 0.15) is 5.82 Å². The van der Waals surface area contributed by atoms with Crippen LogP contribution in [-0.2, 0) is 21.3 Å². The van der Waals surface area contributed by atoms with E-state index < -0.39 is 10.0 Å². The molecule has 140 valence electrons. The van der Waals surface area contributed by atoms with Crippen LogP contribution < -0.4 is 10.0 Å². The lowest BCUT2D eigenvalue weighted by Gasteiger charge is -2.08. The molecule has 2 rings (SSSR count). The number of amides is 1. The van der Waals surface area contributed by atoms with Crippen LogP contribution >= 0.6 is 0 Å². The van der Waals surface area contributed by atoms with Gasteiger partial charge in [-0.15, -0.1) is 0 Å². The number of methoxy groups -OCH3 is 1. The van der Waals surface area contributed by atoms with Crippen molar-refractivity contribution in [2.45, 2.75) is 17.9 Å². The highest BCUT2D eigenvalue weighted by atomic mass is 32.2.